The Balaban J connectivity index is 1.58. The number of halogens is 1. The highest BCUT2D eigenvalue weighted by molar-refractivity contribution is 8.26. The Bertz CT molecular complexity index is 1200. The quantitative estimate of drug-likeness (QED) is 0.320. The summed E-state index contributed by atoms with van der Waals surface area (Å²) in [7, 11) is 0. The van der Waals surface area contributed by atoms with Gasteiger partial charge in [0.15, 0.2) is 0 Å². The van der Waals surface area contributed by atoms with Crippen molar-refractivity contribution in [3.63, 3.8) is 0 Å². The van der Waals surface area contributed by atoms with Crippen molar-refractivity contribution in [2.45, 2.75) is 13.3 Å². The molecule has 0 spiro atoms. The van der Waals surface area contributed by atoms with E-state index in [1.807, 2.05) is 6.92 Å². The van der Waals surface area contributed by atoms with Crippen LogP contribution in [0.1, 0.15) is 18.9 Å². The summed E-state index contributed by atoms with van der Waals surface area (Å²) in [6.45, 7) is 3.23. The second kappa shape index (κ2) is 10.7. The van der Waals surface area contributed by atoms with Crippen molar-refractivity contribution in [1.82, 2.24) is 4.90 Å². The van der Waals surface area contributed by atoms with Gasteiger partial charge in [-0.05, 0) is 31.5 Å². The van der Waals surface area contributed by atoms with Gasteiger partial charge in [0.05, 0.1) is 26.9 Å². The van der Waals surface area contributed by atoms with Crippen LogP contribution in [-0.2, 0) is 19.1 Å². The molecule has 0 atom stereocenters. The van der Waals surface area contributed by atoms with Gasteiger partial charge in [0.2, 0.25) is 5.91 Å². The SMILES string of the molecule is CCOCCCN1C(=O)C(=C2C(=O)N(CC(=O)Nc3ccccc3Cl)c3ccccc32)SC1=S. The van der Waals surface area contributed by atoms with Crippen molar-refractivity contribution in [2.75, 3.05) is 36.5 Å². The smallest absolute Gasteiger partial charge is 0.267 e. The van der Waals surface area contributed by atoms with Gasteiger partial charge in [0.25, 0.3) is 11.8 Å². The number of nitrogens with zero attached hydrogens (tertiary/aromatic N) is 2. The summed E-state index contributed by atoms with van der Waals surface area (Å²) in [5, 5.41) is 3.14. The fraction of sp³-hybridized carbons (Fsp3) is 0.250. The molecule has 34 heavy (non-hydrogen) atoms. The number of carbonyl (C=O) groups is 3. The summed E-state index contributed by atoms with van der Waals surface area (Å²) in [5.74, 6) is -1.11. The summed E-state index contributed by atoms with van der Waals surface area (Å²) in [6, 6.07) is 14.0. The van der Waals surface area contributed by atoms with E-state index in [1.54, 1.807) is 48.5 Å². The lowest BCUT2D eigenvalue weighted by Crippen LogP contribution is -2.35. The minimum absolute atomic E-state index is 0.223. The van der Waals surface area contributed by atoms with Crippen LogP contribution in [0.4, 0.5) is 11.4 Å². The van der Waals surface area contributed by atoms with Gasteiger partial charge in [-0.1, -0.05) is 65.9 Å². The lowest BCUT2D eigenvalue weighted by molar-refractivity contribution is -0.122. The minimum Gasteiger partial charge on any atom is -0.382 e. The first-order chi connectivity index (χ1) is 16.4. The second-order valence-electron chi connectivity index (χ2n) is 7.52. The number of ether oxygens (including phenoxy) is 1. The molecule has 0 bridgehead atoms. The average Bonchev–Trinajstić information content (AvgIpc) is 3.25. The zero-order valence-corrected chi connectivity index (χ0v) is 20.8. The molecule has 0 unspecified atom stereocenters. The Labute approximate surface area is 212 Å². The maximum atomic E-state index is 13.5. The molecule has 0 radical (unpaired) electrons. The highest BCUT2D eigenvalue weighted by atomic mass is 35.5. The summed E-state index contributed by atoms with van der Waals surface area (Å²) < 4.78 is 5.75. The number of nitrogens with one attached hydrogen (secondary N) is 1. The normalized spacial score (nSPS) is 17.5. The largest absolute Gasteiger partial charge is 0.382 e. The molecule has 2 heterocycles. The van der Waals surface area contributed by atoms with Crippen molar-refractivity contribution in [2.24, 2.45) is 0 Å². The molecule has 1 N–H and O–H groups in total. The number of rotatable bonds is 8. The third-order valence-corrected chi connectivity index (χ3v) is 7.10. The molecule has 0 saturated carbocycles. The molecule has 0 aliphatic carbocycles. The summed E-state index contributed by atoms with van der Waals surface area (Å²) in [5.41, 5.74) is 1.90. The molecular formula is C24H22ClN3O4S2. The predicted octanol–water partition coefficient (Wildman–Crippen LogP) is 4.32. The van der Waals surface area contributed by atoms with Gasteiger partial charge in [0, 0.05) is 25.3 Å². The first-order valence-electron chi connectivity index (χ1n) is 10.7. The number of amides is 3. The topological polar surface area (TPSA) is 79.0 Å². The maximum absolute atomic E-state index is 13.5. The zero-order chi connectivity index (χ0) is 24.2. The lowest BCUT2D eigenvalue weighted by atomic mass is 10.1. The number of hydrogen-bond acceptors (Lipinski definition) is 6. The van der Waals surface area contributed by atoms with E-state index in [0.717, 1.165) is 11.8 Å². The van der Waals surface area contributed by atoms with Crippen LogP contribution in [0.2, 0.25) is 5.02 Å². The fourth-order valence-electron chi connectivity index (χ4n) is 3.76. The lowest BCUT2D eigenvalue weighted by Gasteiger charge is -2.17. The summed E-state index contributed by atoms with van der Waals surface area (Å²) >= 11 is 12.7. The zero-order valence-electron chi connectivity index (χ0n) is 18.4. The van der Waals surface area contributed by atoms with E-state index < -0.39 is 11.8 Å². The molecule has 7 nitrogen and oxygen atoms in total. The number of para-hydroxylation sites is 2. The molecule has 0 aromatic heterocycles. The van der Waals surface area contributed by atoms with Gasteiger partial charge in [0.1, 0.15) is 10.9 Å². The van der Waals surface area contributed by atoms with Crippen molar-refractivity contribution in [3.8, 4) is 0 Å². The van der Waals surface area contributed by atoms with Crippen LogP contribution in [0.5, 0.6) is 0 Å². The van der Waals surface area contributed by atoms with E-state index in [2.05, 4.69) is 5.32 Å². The predicted molar refractivity (Wildman–Crippen MR) is 139 cm³/mol. The highest BCUT2D eigenvalue weighted by Crippen LogP contribution is 2.44. The molecule has 2 aliphatic rings. The Morgan fingerprint density at radius 3 is 2.59 bits per heavy atom. The van der Waals surface area contributed by atoms with Crippen LogP contribution in [0.15, 0.2) is 53.4 Å². The standard InChI is InChI=1S/C24H22ClN3O4S2/c1-2-32-13-7-12-27-23(31)21(34-24(27)33)20-15-8-3-6-11-18(15)28(22(20)30)14-19(29)26-17-10-5-4-9-16(17)25/h3-6,8-11H,2,7,12-14H2,1H3,(H,26,29). The number of thioether (sulfide) groups is 1. The Morgan fingerprint density at radius 2 is 1.82 bits per heavy atom. The van der Waals surface area contributed by atoms with Crippen molar-refractivity contribution in [3.05, 3.63) is 64.0 Å². The monoisotopic (exact) mass is 515 g/mol. The van der Waals surface area contributed by atoms with Crippen LogP contribution >= 0.6 is 35.6 Å². The van der Waals surface area contributed by atoms with Crippen LogP contribution in [0.25, 0.3) is 5.57 Å². The van der Waals surface area contributed by atoms with Gasteiger partial charge in [-0.2, -0.15) is 0 Å². The van der Waals surface area contributed by atoms with Gasteiger partial charge < -0.3 is 10.1 Å². The van der Waals surface area contributed by atoms with E-state index in [1.165, 1.54) is 9.80 Å². The Morgan fingerprint density at radius 1 is 1.09 bits per heavy atom. The van der Waals surface area contributed by atoms with E-state index >= 15 is 0 Å². The molecular weight excluding hydrogens is 494 g/mol. The number of thiocarbonyl (C=S) groups is 1. The van der Waals surface area contributed by atoms with E-state index in [-0.39, 0.29) is 22.9 Å². The minimum atomic E-state index is -0.412. The molecule has 10 heteroatoms. The molecule has 2 aromatic carbocycles. The first kappa shape index (κ1) is 24.4. The van der Waals surface area contributed by atoms with Gasteiger partial charge in [-0.15, -0.1) is 0 Å². The van der Waals surface area contributed by atoms with Crippen molar-refractivity contribution in [1.29, 1.82) is 0 Å². The van der Waals surface area contributed by atoms with Crippen LogP contribution in [-0.4, -0.2) is 53.2 Å². The molecule has 2 aliphatic heterocycles. The number of hydrogen-bond donors (Lipinski definition) is 1. The molecule has 1 fully saturated rings. The molecule has 1 saturated heterocycles. The summed E-state index contributed by atoms with van der Waals surface area (Å²) in [6.07, 6.45) is 0.641. The number of benzene rings is 2. The number of carbonyl (C=O) groups excluding carboxylic acids is 3. The third-order valence-electron chi connectivity index (χ3n) is 5.32. The number of anilines is 2. The molecule has 176 valence electrons. The first-order valence-corrected chi connectivity index (χ1v) is 12.3. The maximum Gasteiger partial charge on any atom is 0.267 e. The number of fused-ring (bicyclic) bond motifs is 1. The molecule has 2 aromatic rings. The van der Waals surface area contributed by atoms with Crippen LogP contribution in [0.3, 0.4) is 0 Å². The fourth-order valence-corrected chi connectivity index (χ4v) is 5.33. The Kier molecular flexibility index (Phi) is 7.67. The second-order valence-corrected chi connectivity index (χ2v) is 9.57. The van der Waals surface area contributed by atoms with Crippen LogP contribution < -0.4 is 10.2 Å². The molecule has 3 amide bonds. The van der Waals surface area contributed by atoms with E-state index in [0.29, 0.717) is 52.5 Å². The van der Waals surface area contributed by atoms with Crippen LogP contribution in [0, 0.1) is 0 Å². The van der Waals surface area contributed by atoms with E-state index in [4.69, 9.17) is 28.6 Å². The highest BCUT2D eigenvalue weighted by Gasteiger charge is 2.42. The van der Waals surface area contributed by atoms with Gasteiger partial charge >= 0.3 is 0 Å². The Hall–Kier alpha value is -2.72. The van der Waals surface area contributed by atoms with Crippen molar-refractivity contribution < 1.29 is 19.1 Å². The molecule has 4 rings (SSSR count). The summed E-state index contributed by atoms with van der Waals surface area (Å²) in [4.78, 5) is 42.6. The van der Waals surface area contributed by atoms with Gasteiger partial charge in [-0.3, -0.25) is 24.2 Å². The average molecular weight is 516 g/mol. The van der Waals surface area contributed by atoms with E-state index in [9.17, 15) is 14.4 Å². The third kappa shape index (κ3) is 4.88. The van der Waals surface area contributed by atoms with Gasteiger partial charge in [-0.25, -0.2) is 0 Å². The van der Waals surface area contributed by atoms with Crippen molar-refractivity contribution >= 4 is 74.6 Å².